The molecule has 5 rings (SSSR count). The van der Waals surface area contributed by atoms with Crippen LogP contribution in [0.4, 0.5) is 14.6 Å². The van der Waals surface area contributed by atoms with Gasteiger partial charge in [0.2, 0.25) is 11.8 Å². The first kappa shape index (κ1) is 22.7. The van der Waals surface area contributed by atoms with Crippen molar-refractivity contribution >= 4 is 5.82 Å². The monoisotopic (exact) mass is 469 g/mol. The molecule has 9 heteroatoms. The first-order chi connectivity index (χ1) is 16.4. The summed E-state index contributed by atoms with van der Waals surface area (Å²) in [7, 11) is 0. The van der Waals surface area contributed by atoms with Gasteiger partial charge >= 0.3 is 0 Å². The van der Waals surface area contributed by atoms with Gasteiger partial charge in [-0.3, -0.25) is 0 Å². The number of benzene rings is 1. The molecular weight excluding hydrogens is 440 g/mol. The lowest BCUT2D eigenvalue weighted by molar-refractivity contribution is -0.0695. The minimum atomic E-state index is -2.57. The summed E-state index contributed by atoms with van der Waals surface area (Å²) in [6.45, 7) is 2.48. The van der Waals surface area contributed by atoms with Crippen molar-refractivity contribution in [3.8, 4) is 11.8 Å². The average molecular weight is 470 g/mol. The number of hydrogen-bond donors (Lipinski definition) is 1. The van der Waals surface area contributed by atoms with Gasteiger partial charge < -0.3 is 14.8 Å². The number of hydrogen-bond acceptors (Lipinski definition) is 6. The van der Waals surface area contributed by atoms with Crippen LogP contribution in [0.25, 0.3) is 5.95 Å². The molecule has 180 valence electrons. The van der Waals surface area contributed by atoms with E-state index in [1.54, 1.807) is 16.9 Å². The Hall–Kier alpha value is -3.07. The predicted molar refractivity (Wildman–Crippen MR) is 123 cm³/mol. The number of aromatic nitrogens is 4. The van der Waals surface area contributed by atoms with E-state index >= 15 is 0 Å². The molecule has 2 saturated carbocycles. The van der Waals surface area contributed by atoms with E-state index in [1.807, 2.05) is 43.3 Å². The van der Waals surface area contributed by atoms with Crippen LogP contribution in [0.1, 0.15) is 49.8 Å². The lowest BCUT2D eigenvalue weighted by Gasteiger charge is -2.35. The van der Waals surface area contributed by atoms with E-state index in [1.165, 1.54) is 0 Å². The third-order valence-corrected chi connectivity index (χ3v) is 6.35. The molecule has 2 aliphatic carbocycles. The number of nitrogens with one attached hydrogen (secondary N) is 1. The molecular formula is C25H29F2N5O2. The van der Waals surface area contributed by atoms with Gasteiger partial charge in [0, 0.05) is 44.0 Å². The van der Waals surface area contributed by atoms with Gasteiger partial charge in [-0.05, 0) is 31.4 Å². The third-order valence-electron chi connectivity index (χ3n) is 6.35. The maximum absolute atomic E-state index is 13.5. The number of anilines is 1. The summed E-state index contributed by atoms with van der Waals surface area (Å²) in [5.74, 6) is -1.20. The van der Waals surface area contributed by atoms with E-state index in [9.17, 15) is 8.78 Å². The molecule has 0 bridgehead atoms. The first-order valence-electron chi connectivity index (χ1n) is 11.8. The van der Waals surface area contributed by atoms with E-state index in [4.69, 9.17) is 9.47 Å². The molecule has 0 atom stereocenters. The minimum absolute atomic E-state index is 0.00380. The topological polar surface area (TPSA) is 74.1 Å². The Labute approximate surface area is 197 Å². The molecule has 1 N–H and O–H groups in total. The van der Waals surface area contributed by atoms with Crippen molar-refractivity contribution in [2.24, 2.45) is 0 Å². The Morgan fingerprint density at radius 1 is 1.06 bits per heavy atom. The zero-order valence-electron chi connectivity index (χ0n) is 19.2. The van der Waals surface area contributed by atoms with Gasteiger partial charge in [0.25, 0.3) is 5.95 Å². The number of alkyl halides is 2. The summed E-state index contributed by atoms with van der Waals surface area (Å²) in [5.41, 5.74) is 1.99. The Morgan fingerprint density at radius 2 is 1.82 bits per heavy atom. The Kier molecular flexibility index (Phi) is 6.45. The standard InChI is InChI=1S/C25H29F2N5O2/c1-17-9-12-32(31-17)24-29-22(28-19-7-10-25(26,27)11-8-19)15-23(30-24)34-21-13-20(14-21)33-16-18-5-3-2-4-6-18/h2-6,9,12,15,19-21H,7-8,10-11,13-14,16H2,1H3,(H,28,29,30). The molecule has 0 amide bonds. The molecule has 2 heterocycles. The van der Waals surface area contributed by atoms with Crippen LogP contribution in [0.5, 0.6) is 5.88 Å². The molecule has 2 aromatic heterocycles. The van der Waals surface area contributed by atoms with Crippen LogP contribution < -0.4 is 10.1 Å². The van der Waals surface area contributed by atoms with Gasteiger partial charge in [0.15, 0.2) is 0 Å². The van der Waals surface area contributed by atoms with E-state index in [2.05, 4.69) is 20.4 Å². The molecule has 2 aliphatic rings. The van der Waals surface area contributed by atoms with Gasteiger partial charge in [-0.25, -0.2) is 13.5 Å². The van der Waals surface area contributed by atoms with E-state index < -0.39 is 5.92 Å². The second-order valence-electron chi connectivity index (χ2n) is 9.20. The molecule has 34 heavy (non-hydrogen) atoms. The van der Waals surface area contributed by atoms with Crippen LogP contribution in [0.2, 0.25) is 0 Å². The van der Waals surface area contributed by atoms with Crippen molar-refractivity contribution < 1.29 is 18.3 Å². The fraction of sp³-hybridized carbons (Fsp3) is 0.480. The average Bonchev–Trinajstić information content (AvgIpc) is 3.24. The van der Waals surface area contributed by atoms with Gasteiger partial charge in [-0.1, -0.05) is 30.3 Å². The van der Waals surface area contributed by atoms with Crippen molar-refractivity contribution in [1.82, 2.24) is 19.7 Å². The largest absolute Gasteiger partial charge is 0.474 e. The minimum Gasteiger partial charge on any atom is -0.474 e. The lowest BCUT2D eigenvalue weighted by atomic mass is 9.92. The number of halogens is 2. The molecule has 0 spiro atoms. The maximum Gasteiger partial charge on any atom is 0.255 e. The highest BCUT2D eigenvalue weighted by Crippen LogP contribution is 2.35. The summed E-state index contributed by atoms with van der Waals surface area (Å²) in [6.07, 6.45) is 4.08. The quantitative estimate of drug-likeness (QED) is 0.496. The second-order valence-corrected chi connectivity index (χ2v) is 9.20. The molecule has 3 aromatic rings. The summed E-state index contributed by atoms with van der Waals surface area (Å²) in [5, 5.41) is 7.70. The smallest absolute Gasteiger partial charge is 0.255 e. The SMILES string of the molecule is Cc1ccn(-c2nc(NC3CCC(F)(F)CC3)cc(OC3CC(OCc4ccccc4)C3)n2)n1. The van der Waals surface area contributed by atoms with Crippen LogP contribution in [-0.4, -0.2) is 43.9 Å². The van der Waals surface area contributed by atoms with Crippen molar-refractivity contribution in [3.63, 3.8) is 0 Å². The highest BCUT2D eigenvalue weighted by atomic mass is 19.3. The number of nitrogens with zero attached hydrogens (tertiary/aromatic N) is 4. The summed E-state index contributed by atoms with van der Waals surface area (Å²) < 4.78 is 40.8. The van der Waals surface area contributed by atoms with Crippen LogP contribution in [0.3, 0.4) is 0 Å². The first-order valence-corrected chi connectivity index (χ1v) is 11.8. The van der Waals surface area contributed by atoms with E-state index in [0.717, 1.165) is 24.1 Å². The molecule has 2 fully saturated rings. The van der Waals surface area contributed by atoms with Crippen molar-refractivity contribution in [1.29, 1.82) is 0 Å². The highest BCUT2D eigenvalue weighted by Gasteiger charge is 2.35. The van der Waals surface area contributed by atoms with Crippen molar-refractivity contribution in [3.05, 3.63) is 59.9 Å². The van der Waals surface area contributed by atoms with E-state index in [-0.39, 0.29) is 31.1 Å². The van der Waals surface area contributed by atoms with Gasteiger partial charge in [-0.2, -0.15) is 15.1 Å². The zero-order chi connectivity index (χ0) is 23.5. The van der Waals surface area contributed by atoms with Crippen LogP contribution >= 0.6 is 0 Å². The number of ether oxygens (including phenoxy) is 2. The van der Waals surface area contributed by atoms with Gasteiger partial charge in [-0.15, -0.1) is 0 Å². The Balaban J connectivity index is 1.23. The van der Waals surface area contributed by atoms with E-state index in [0.29, 0.717) is 37.1 Å². The normalized spacial score (nSPS) is 22.2. The fourth-order valence-electron chi connectivity index (χ4n) is 4.28. The predicted octanol–water partition coefficient (Wildman–Crippen LogP) is 5.09. The summed E-state index contributed by atoms with van der Waals surface area (Å²) in [4.78, 5) is 9.10. The second kappa shape index (κ2) is 9.66. The van der Waals surface area contributed by atoms with Crippen molar-refractivity contribution in [2.75, 3.05) is 5.32 Å². The number of aryl methyl sites for hydroxylation is 1. The Morgan fingerprint density at radius 3 is 2.53 bits per heavy atom. The Bertz CT molecular complexity index is 1090. The van der Waals surface area contributed by atoms with Gasteiger partial charge in [0.05, 0.1) is 18.4 Å². The van der Waals surface area contributed by atoms with Crippen LogP contribution in [-0.2, 0) is 11.3 Å². The lowest BCUT2D eigenvalue weighted by Crippen LogP contribution is -2.39. The number of rotatable bonds is 8. The molecule has 7 nitrogen and oxygen atoms in total. The molecule has 0 unspecified atom stereocenters. The molecule has 0 radical (unpaired) electrons. The fourth-order valence-corrected chi connectivity index (χ4v) is 4.28. The highest BCUT2D eigenvalue weighted by molar-refractivity contribution is 5.42. The van der Waals surface area contributed by atoms with Crippen LogP contribution in [0, 0.1) is 6.92 Å². The van der Waals surface area contributed by atoms with Crippen molar-refractivity contribution in [2.45, 2.75) is 76.2 Å². The maximum atomic E-state index is 13.5. The van der Waals surface area contributed by atoms with Gasteiger partial charge in [0.1, 0.15) is 11.9 Å². The third kappa shape index (κ3) is 5.70. The molecule has 0 saturated heterocycles. The molecule has 1 aromatic carbocycles. The zero-order valence-corrected chi connectivity index (χ0v) is 19.2. The summed E-state index contributed by atoms with van der Waals surface area (Å²) >= 11 is 0. The molecule has 0 aliphatic heterocycles. The van der Waals surface area contributed by atoms with Crippen LogP contribution in [0.15, 0.2) is 48.7 Å². The summed E-state index contributed by atoms with van der Waals surface area (Å²) in [6, 6.07) is 13.6.